The van der Waals surface area contributed by atoms with Gasteiger partial charge >= 0.3 is 0 Å². The van der Waals surface area contributed by atoms with Gasteiger partial charge in [0.2, 0.25) is 0 Å². The molecule has 0 aliphatic carbocycles. The lowest BCUT2D eigenvalue weighted by atomic mass is 10.00. The summed E-state index contributed by atoms with van der Waals surface area (Å²) < 4.78 is 2.37. The van der Waals surface area contributed by atoms with Gasteiger partial charge in [0.1, 0.15) is 0 Å². The number of fused-ring (bicyclic) bond motifs is 1. The lowest BCUT2D eigenvalue weighted by Crippen LogP contribution is -2.09. The number of hydrogen-bond acceptors (Lipinski definition) is 1. The van der Waals surface area contributed by atoms with E-state index in [1.807, 2.05) is 7.05 Å². The van der Waals surface area contributed by atoms with E-state index in [2.05, 4.69) is 56.8 Å². The molecule has 2 aromatic rings. The van der Waals surface area contributed by atoms with Gasteiger partial charge in [-0.15, -0.1) is 0 Å². The first-order chi connectivity index (χ1) is 8.47. The highest BCUT2D eigenvalue weighted by Crippen LogP contribution is 2.33. The quantitative estimate of drug-likeness (QED) is 0.872. The topological polar surface area (TPSA) is 17.0 Å². The van der Waals surface area contributed by atoms with Gasteiger partial charge in [-0.2, -0.15) is 0 Å². The van der Waals surface area contributed by atoms with Gasteiger partial charge in [-0.1, -0.05) is 19.9 Å². The molecule has 18 heavy (non-hydrogen) atoms. The van der Waals surface area contributed by atoms with Gasteiger partial charge in [0.25, 0.3) is 0 Å². The molecule has 1 aromatic carbocycles. The summed E-state index contributed by atoms with van der Waals surface area (Å²) in [5.41, 5.74) is 7.00. The Morgan fingerprint density at radius 1 is 1.22 bits per heavy atom. The van der Waals surface area contributed by atoms with E-state index >= 15 is 0 Å². The third kappa shape index (κ3) is 1.95. The second kappa shape index (κ2) is 4.77. The molecule has 0 unspecified atom stereocenters. The van der Waals surface area contributed by atoms with E-state index in [0.717, 1.165) is 6.54 Å². The Labute approximate surface area is 110 Å². The van der Waals surface area contributed by atoms with Crippen molar-refractivity contribution in [3.63, 3.8) is 0 Å². The fraction of sp³-hybridized carbons (Fsp3) is 0.500. The third-order valence-corrected chi connectivity index (χ3v) is 3.69. The monoisotopic (exact) mass is 244 g/mol. The predicted octanol–water partition coefficient (Wildman–Crippen LogP) is 3.64. The molecule has 98 valence electrons. The van der Waals surface area contributed by atoms with Crippen molar-refractivity contribution >= 4 is 10.9 Å². The summed E-state index contributed by atoms with van der Waals surface area (Å²) >= 11 is 0. The highest BCUT2D eigenvalue weighted by atomic mass is 15.0. The Morgan fingerprint density at radius 2 is 1.89 bits per heavy atom. The molecule has 0 amide bonds. The summed E-state index contributed by atoms with van der Waals surface area (Å²) in [5, 5.41) is 4.74. The Kier molecular flexibility index (Phi) is 3.49. The molecule has 0 radical (unpaired) electrons. The van der Waals surface area contributed by atoms with Crippen LogP contribution >= 0.6 is 0 Å². The first-order valence-corrected chi connectivity index (χ1v) is 6.70. The van der Waals surface area contributed by atoms with Gasteiger partial charge in [-0.05, 0) is 49.6 Å². The summed E-state index contributed by atoms with van der Waals surface area (Å²) in [4.78, 5) is 0. The van der Waals surface area contributed by atoms with Crippen molar-refractivity contribution in [3.8, 4) is 0 Å². The molecule has 0 aliphatic heterocycles. The number of benzene rings is 1. The first kappa shape index (κ1) is 13.2. The van der Waals surface area contributed by atoms with Crippen LogP contribution in [0.25, 0.3) is 10.9 Å². The molecular formula is C16H24N2. The maximum atomic E-state index is 3.31. The van der Waals surface area contributed by atoms with Crippen molar-refractivity contribution < 1.29 is 0 Å². The molecule has 2 heteroatoms. The molecule has 0 fully saturated rings. The van der Waals surface area contributed by atoms with Gasteiger partial charge in [-0.3, -0.25) is 0 Å². The van der Waals surface area contributed by atoms with Crippen LogP contribution in [0.1, 0.15) is 42.1 Å². The largest absolute Gasteiger partial charge is 0.347 e. The van der Waals surface area contributed by atoms with Crippen molar-refractivity contribution in [3.05, 3.63) is 34.5 Å². The van der Waals surface area contributed by atoms with Crippen molar-refractivity contribution in [1.29, 1.82) is 0 Å². The van der Waals surface area contributed by atoms with Gasteiger partial charge in [0.15, 0.2) is 0 Å². The lowest BCUT2D eigenvalue weighted by Gasteiger charge is -2.11. The van der Waals surface area contributed by atoms with Gasteiger partial charge < -0.3 is 9.88 Å². The van der Waals surface area contributed by atoms with Gasteiger partial charge in [0.05, 0.1) is 0 Å². The van der Waals surface area contributed by atoms with E-state index in [-0.39, 0.29) is 0 Å². The van der Waals surface area contributed by atoms with Crippen LogP contribution in [0.5, 0.6) is 0 Å². The molecule has 0 aliphatic rings. The summed E-state index contributed by atoms with van der Waals surface area (Å²) in [5.74, 6) is 0.547. The summed E-state index contributed by atoms with van der Waals surface area (Å²) in [6.45, 7) is 9.88. The van der Waals surface area contributed by atoms with Gasteiger partial charge in [-0.25, -0.2) is 0 Å². The minimum absolute atomic E-state index is 0.547. The second-order valence-electron chi connectivity index (χ2n) is 5.58. The van der Waals surface area contributed by atoms with E-state index in [9.17, 15) is 0 Å². The fourth-order valence-corrected chi connectivity index (χ4v) is 3.15. The van der Waals surface area contributed by atoms with Crippen LogP contribution in [-0.2, 0) is 13.6 Å². The molecule has 0 saturated carbocycles. The summed E-state index contributed by atoms with van der Waals surface area (Å²) in [6, 6.07) is 4.58. The van der Waals surface area contributed by atoms with E-state index in [1.54, 1.807) is 0 Å². The highest BCUT2D eigenvalue weighted by Gasteiger charge is 2.18. The average molecular weight is 244 g/mol. The standard InChI is InChI=1S/C16H24N2/c1-10(2)16-13(9-17-5)15-12(4)7-11(3)8-14(15)18(16)6/h7-8,10,17H,9H2,1-6H3. The van der Waals surface area contributed by atoms with Crippen molar-refractivity contribution in [2.24, 2.45) is 7.05 Å². The van der Waals surface area contributed by atoms with Crippen LogP contribution < -0.4 is 5.32 Å². The van der Waals surface area contributed by atoms with E-state index < -0.39 is 0 Å². The van der Waals surface area contributed by atoms with Crippen LogP contribution in [0.3, 0.4) is 0 Å². The maximum Gasteiger partial charge on any atom is 0.0488 e. The second-order valence-corrected chi connectivity index (χ2v) is 5.58. The third-order valence-electron chi connectivity index (χ3n) is 3.69. The lowest BCUT2D eigenvalue weighted by molar-refractivity contribution is 0.719. The zero-order chi connectivity index (χ0) is 13.4. The zero-order valence-corrected chi connectivity index (χ0v) is 12.4. The summed E-state index contributed by atoms with van der Waals surface area (Å²) in [7, 11) is 4.21. The molecule has 0 bridgehead atoms. The van der Waals surface area contributed by atoms with Crippen LogP contribution in [-0.4, -0.2) is 11.6 Å². The molecule has 1 heterocycles. The summed E-state index contributed by atoms with van der Waals surface area (Å²) in [6.07, 6.45) is 0. The molecule has 2 nitrogen and oxygen atoms in total. The molecular weight excluding hydrogens is 220 g/mol. The number of rotatable bonds is 3. The first-order valence-electron chi connectivity index (χ1n) is 6.70. The molecule has 0 atom stereocenters. The van der Waals surface area contributed by atoms with E-state index in [4.69, 9.17) is 0 Å². The zero-order valence-electron chi connectivity index (χ0n) is 12.4. The Bertz CT molecular complexity index is 577. The molecule has 0 spiro atoms. The minimum Gasteiger partial charge on any atom is -0.347 e. The van der Waals surface area contributed by atoms with E-state index in [1.165, 1.54) is 33.3 Å². The number of nitrogens with one attached hydrogen (secondary N) is 1. The van der Waals surface area contributed by atoms with Crippen molar-refractivity contribution in [1.82, 2.24) is 9.88 Å². The van der Waals surface area contributed by atoms with Gasteiger partial charge in [0, 0.05) is 30.2 Å². The van der Waals surface area contributed by atoms with E-state index in [0.29, 0.717) is 5.92 Å². The van der Waals surface area contributed by atoms with Crippen LogP contribution in [0, 0.1) is 13.8 Å². The number of hydrogen-bond donors (Lipinski definition) is 1. The maximum absolute atomic E-state index is 3.31. The fourth-order valence-electron chi connectivity index (χ4n) is 3.15. The number of nitrogens with zero attached hydrogens (tertiary/aromatic N) is 1. The molecule has 0 saturated heterocycles. The normalized spacial score (nSPS) is 11.7. The minimum atomic E-state index is 0.547. The Morgan fingerprint density at radius 3 is 2.44 bits per heavy atom. The Hall–Kier alpha value is -1.28. The highest BCUT2D eigenvalue weighted by molar-refractivity contribution is 5.89. The molecule has 2 rings (SSSR count). The smallest absolute Gasteiger partial charge is 0.0488 e. The van der Waals surface area contributed by atoms with Crippen LogP contribution in [0.15, 0.2) is 12.1 Å². The SMILES string of the molecule is CNCc1c(C(C)C)n(C)c2cc(C)cc(C)c12. The van der Waals surface area contributed by atoms with Crippen LogP contribution in [0.4, 0.5) is 0 Å². The number of aromatic nitrogens is 1. The molecule has 1 aromatic heterocycles. The predicted molar refractivity (Wildman–Crippen MR) is 79.2 cm³/mol. The average Bonchev–Trinajstić information content (AvgIpc) is 2.53. The van der Waals surface area contributed by atoms with Crippen molar-refractivity contribution in [2.45, 2.75) is 40.2 Å². The molecule has 1 N–H and O–H groups in total. The van der Waals surface area contributed by atoms with Crippen molar-refractivity contribution in [2.75, 3.05) is 7.05 Å². The Balaban J connectivity index is 2.87. The van der Waals surface area contributed by atoms with Crippen LogP contribution in [0.2, 0.25) is 0 Å². The number of aryl methyl sites for hydroxylation is 3.